The number of hydrogen-bond acceptors (Lipinski definition) is 3. The predicted molar refractivity (Wildman–Crippen MR) is 101 cm³/mol. The summed E-state index contributed by atoms with van der Waals surface area (Å²) in [5.41, 5.74) is 2.35. The van der Waals surface area contributed by atoms with Crippen LogP contribution >= 0.6 is 23.2 Å². The van der Waals surface area contributed by atoms with E-state index in [1.54, 1.807) is 23.0 Å². The molecule has 134 valence electrons. The van der Waals surface area contributed by atoms with Gasteiger partial charge >= 0.3 is 0 Å². The molecule has 1 aromatic carbocycles. The molecule has 0 spiro atoms. The van der Waals surface area contributed by atoms with Crippen molar-refractivity contribution in [2.24, 2.45) is 0 Å². The van der Waals surface area contributed by atoms with Crippen LogP contribution < -0.4 is 0 Å². The molecule has 0 radical (unpaired) electrons. The van der Waals surface area contributed by atoms with Gasteiger partial charge in [0.25, 0.3) is 5.91 Å². The van der Waals surface area contributed by atoms with Crippen molar-refractivity contribution in [3.8, 4) is 5.69 Å². The van der Waals surface area contributed by atoms with Crippen LogP contribution in [0.15, 0.2) is 24.4 Å². The number of piperazine rings is 1. The van der Waals surface area contributed by atoms with E-state index in [1.165, 1.54) is 0 Å². The number of likely N-dealkylation sites (N-methyl/N-ethyl adjacent to an activating group) is 1. The van der Waals surface area contributed by atoms with Crippen LogP contribution in [0.25, 0.3) is 5.69 Å². The molecule has 0 atom stereocenters. The number of carbonyl (C=O) groups excluding carboxylic acids is 1. The van der Waals surface area contributed by atoms with Crippen molar-refractivity contribution in [2.75, 3.05) is 33.2 Å². The minimum atomic E-state index is 0.0445. The number of aromatic nitrogens is 2. The number of carbonyl (C=O) groups is 1. The van der Waals surface area contributed by atoms with Crippen LogP contribution in [0.5, 0.6) is 0 Å². The second kappa shape index (κ2) is 7.36. The maximum Gasteiger partial charge on any atom is 0.257 e. The fourth-order valence-corrected chi connectivity index (χ4v) is 3.37. The second-order valence-corrected chi connectivity index (χ2v) is 7.52. The smallest absolute Gasteiger partial charge is 0.257 e. The molecular weight excluding hydrogens is 359 g/mol. The second-order valence-electron chi connectivity index (χ2n) is 6.70. The van der Waals surface area contributed by atoms with E-state index >= 15 is 0 Å². The molecule has 2 aromatic rings. The van der Waals surface area contributed by atoms with Crippen LogP contribution in [0.2, 0.25) is 10.0 Å². The third kappa shape index (κ3) is 3.68. The standard InChI is InChI=1S/C18H22Cl2N4O/c1-12(2)17-14(18(25)23-8-6-22(3)7-9-23)11-21-24(17)13-4-5-15(19)16(20)10-13/h4-5,10-12H,6-9H2,1-3H3. The van der Waals surface area contributed by atoms with Crippen LogP contribution in [-0.4, -0.2) is 58.7 Å². The number of benzene rings is 1. The minimum absolute atomic E-state index is 0.0445. The Morgan fingerprint density at radius 2 is 1.80 bits per heavy atom. The van der Waals surface area contributed by atoms with E-state index in [2.05, 4.69) is 30.9 Å². The fourth-order valence-electron chi connectivity index (χ4n) is 3.08. The number of nitrogens with zero attached hydrogens (tertiary/aromatic N) is 4. The molecule has 1 saturated heterocycles. The molecule has 7 heteroatoms. The van der Waals surface area contributed by atoms with Crippen LogP contribution in [0.4, 0.5) is 0 Å². The number of rotatable bonds is 3. The summed E-state index contributed by atoms with van der Waals surface area (Å²) in [6.07, 6.45) is 1.67. The summed E-state index contributed by atoms with van der Waals surface area (Å²) in [6, 6.07) is 5.37. The Morgan fingerprint density at radius 1 is 1.12 bits per heavy atom. The van der Waals surface area contributed by atoms with Gasteiger partial charge in [-0.1, -0.05) is 37.0 Å². The topological polar surface area (TPSA) is 41.4 Å². The van der Waals surface area contributed by atoms with E-state index in [0.717, 1.165) is 37.6 Å². The zero-order valence-corrected chi connectivity index (χ0v) is 16.2. The zero-order chi connectivity index (χ0) is 18.1. The summed E-state index contributed by atoms with van der Waals surface area (Å²) in [5.74, 6) is 0.187. The van der Waals surface area contributed by atoms with Crippen molar-refractivity contribution in [2.45, 2.75) is 19.8 Å². The lowest BCUT2D eigenvalue weighted by Gasteiger charge is -2.32. The SMILES string of the molecule is CC(C)c1c(C(=O)N2CCN(C)CC2)cnn1-c1ccc(Cl)c(Cl)c1. The van der Waals surface area contributed by atoms with Gasteiger partial charge in [0.1, 0.15) is 0 Å². The maximum atomic E-state index is 13.0. The molecule has 1 aliphatic rings. The van der Waals surface area contributed by atoms with Crippen LogP contribution in [0, 0.1) is 0 Å². The van der Waals surface area contributed by atoms with Crippen molar-refractivity contribution in [3.05, 3.63) is 45.7 Å². The molecule has 1 aliphatic heterocycles. The summed E-state index contributed by atoms with van der Waals surface area (Å²) < 4.78 is 1.79. The third-order valence-corrected chi connectivity index (χ3v) is 5.26. The molecule has 1 amide bonds. The number of hydrogen-bond donors (Lipinski definition) is 0. The first-order valence-corrected chi connectivity index (χ1v) is 9.15. The van der Waals surface area contributed by atoms with Gasteiger partial charge in [0.05, 0.1) is 33.2 Å². The molecule has 1 aromatic heterocycles. The molecule has 25 heavy (non-hydrogen) atoms. The highest BCUT2D eigenvalue weighted by atomic mass is 35.5. The molecule has 0 N–H and O–H groups in total. The monoisotopic (exact) mass is 380 g/mol. The zero-order valence-electron chi connectivity index (χ0n) is 14.7. The molecule has 5 nitrogen and oxygen atoms in total. The summed E-state index contributed by atoms with van der Waals surface area (Å²) in [7, 11) is 2.07. The third-order valence-electron chi connectivity index (χ3n) is 4.52. The number of amides is 1. The van der Waals surface area contributed by atoms with Gasteiger partial charge in [0, 0.05) is 26.2 Å². The van der Waals surface area contributed by atoms with Gasteiger partial charge in [-0.25, -0.2) is 4.68 Å². The van der Waals surface area contributed by atoms with Crippen molar-refractivity contribution >= 4 is 29.1 Å². The fraction of sp³-hybridized carbons (Fsp3) is 0.444. The van der Waals surface area contributed by atoms with Gasteiger partial charge in [-0.2, -0.15) is 5.10 Å². The first-order valence-electron chi connectivity index (χ1n) is 8.39. The molecule has 0 bridgehead atoms. The highest BCUT2D eigenvalue weighted by Gasteiger charge is 2.26. The predicted octanol–water partition coefficient (Wildman–Crippen LogP) is 3.69. The normalized spacial score (nSPS) is 15.8. The van der Waals surface area contributed by atoms with E-state index in [4.69, 9.17) is 23.2 Å². The van der Waals surface area contributed by atoms with Crippen molar-refractivity contribution in [1.29, 1.82) is 0 Å². The maximum absolute atomic E-state index is 13.0. The Bertz CT molecular complexity index is 779. The van der Waals surface area contributed by atoms with Crippen molar-refractivity contribution in [3.63, 3.8) is 0 Å². The van der Waals surface area contributed by atoms with Gasteiger partial charge in [-0.15, -0.1) is 0 Å². The molecule has 3 rings (SSSR count). The average Bonchev–Trinajstić information content (AvgIpc) is 3.02. The molecule has 0 aliphatic carbocycles. The Labute approximate surface area is 158 Å². The highest BCUT2D eigenvalue weighted by Crippen LogP contribution is 2.28. The lowest BCUT2D eigenvalue weighted by molar-refractivity contribution is 0.0662. The van der Waals surface area contributed by atoms with E-state index < -0.39 is 0 Å². The summed E-state index contributed by atoms with van der Waals surface area (Å²) in [6.45, 7) is 7.39. The first-order chi connectivity index (χ1) is 11.9. The van der Waals surface area contributed by atoms with Crippen molar-refractivity contribution < 1.29 is 4.79 Å². The van der Waals surface area contributed by atoms with E-state index in [9.17, 15) is 4.79 Å². The lowest BCUT2D eigenvalue weighted by Crippen LogP contribution is -2.47. The van der Waals surface area contributed by atoms with Gasteiger partial charge in [0.15, 0.2) is 0 Å². The summed E-state index contributed by atoms with van der Waals surface area (Å²) in [4.78, 5) is 17.1. The van der Waals surface area contributed by atoms with E-state index in [0.29, 0.717) is 15.6 Å². The molecule has 2 heterocycles. The Morgan fingerprint density at radius 3 is 2.40 bits per heavy atom. The van der Waals surface area contributed by atoms with Crippen LogP contribution in [-0.2, 0) is 0 Å². The molecular formula is C18H22Cl2N4O. The van der Waals surface area contributed by atoms with Crippen LogP contribution in [0.3, 0.4) is 0 Å². The molecule has 0 saturated carbocycles. The highest BCUT2D eigenvalue weighted by molar-refractivity contribution is 6.42. The van der Waals surface area contributed by atoms with Gasteiger partial charge < -0.3 is 9.80 Å². The van der Waals surface area contributed by atoms with Gasteiger partial charge in [0.2, 0.25) is 0 Å². The summed E-state index contributed by atoms with van der Waals surface area (Å²) in [5, 5.41) is 5.43. The number of halogens is 2. The summed E-state index contributed by atoms with van der Waals surface area (Å²) >= 11 is 12.2. The Hall–Kier alpha value is -1.56. The van der Waals surface area contributed by atoms with Crippen molar-refractivity contribution in [1.82, 2.24) is 19.6 Å². The quantitative estimate of drug-likeness (QED) is 0.814. The van der Waals surface area contributed by atoms with E-state index in [-0.39, 0.29) is 11.8 Å². The average molecular weight is 381 g/mol. The Kier molecular flexibility index (Phi) is 5.37. The first kappa shape index (κ1) is 18.2. The Balaban J connectivity index is 1.97. The molecule has 0 unspecified atom stereocenters. The van der Waals surface area contributed by atoms with E-state index in [1.807, 2.05) is 11.0 Å². The molecule has 1 fully saturated rings. The van der Waals surface area contributed by atoms with Gasteiger partial charge in [-0.3, -0.25) is 4.79 Å². The minimum Gasteiger partial charge on any atom is -0.336 e. The van der Waals surface area contributed by atoms with Gasteiger partial charge in [-0.05, 0) is 31.2 Å². The lowest BCUT2D eigenvalue weighted by atomic mass is 10.0. The largest absolute Gasteiger partial charge is 0.336 e. The van der Waals surface area contributed by atoms with Crippen LogP contribution in [0.1, 0.15) is 35.8 Å².